The molecule has 7 heteroatoms. The number of benzene rings is 1. The van der Waals surface area contributed by atoms with Crippen LogP contribution in [-0.4, -0.2) is 31.4 Å². The highest BCUT2D eigenvalue weighted by molar-refractivity contribution is 8.46. The summed E-state index contributed by atoms with van der Waals surface area (Å²) in [4.78, 5) is 22.0. The molecular formula is C14H16O4S3. The normalized spacial score (nSPS) is 10.3. The molecule has 1 aromatic rings. The summed E-state index contributed by atoms with van der Waals surface area (Å²) in [5.41, 5.74) is 0.612. The van der Waals surface area contributed by atoms with Crippen molar-refractivity contribution in [1.29, 1.82) is 0 Å². The van der Waals surface area contributed by atoms with E-state index < -0.39 is 11.9 Å². The minimum atomic E-state index is -1.13. The zero-order chi connectivity index (χ0) is 15.8. The first-order chi connectivity index (χ1) is 9.93. The second-order valence-corrected chi connectivity index (χ2v) is 7.54. The van der Waals surface area contributed by atoms with E-state index in [9.17, 15) is 9.59 Å². The molecule has 0 aromatic heterocycles. The first-order valence-electron chi connectivity index (χ1n) is 6.34. The number of thioether (sulfide) groups is 2. The van der Waals surface area contributed by atoms with Crippen LogP contribution >= 0.6 is 35.7 Å². The van der Waals surface area contributed by atoms with Gasteiger partial charge in [0.05, 0.1) is 11.1 Å². The molecule has 4 nitrogen and oxygen atoms in total. The highest BCUT2D eigenvalue weighted by Crippen LogP contribution is 2.24. The molecule has 0 aliphatic heterocycles. The van der Waals surface area contributed by atoms with E-state index in [1.54, 1.807) is 11.8 Å². The summed E-state index contributed by atoms with van der Waals surface area (Å²) in [5, 5.41) is 18.0. The van der Waals surface area contributed by atoms with Crippen molar-refractivity contribution in [1.82, 2.24) is 0 Å². The van der Waals surface area contributed by atoms with E-state index in [-0.39, 0.29) is 11.1 Å². The summed E-state index contributed by atoms with van der Waals surface area (Å²) in [6, 6.07) is 4.13. The fraction of sp³-hybridized carbons (Fsp3) is 0.357. The molecule has 0 aliphatic carbocycles. The molecule has 0 saturated carbocycles. The second-order valence-electron chi connectivity index (χ2n) is 4.27. The Labute approximate surface area is 137 Å². The Kier molecular flexibility index (Phi) is 7.77. The smallest absolute Gasteiger partial charge is 0.335 e. The maximum atomic E-state index is 11.0. The Morgan fingerprint density at radius 1 is 1.10 bits per heavy atom. The molecule has 0 amide bonds. The van der Waals surface area contributed by atoms with Gasteiger partial charge in [-0.3, -0.25) is 0 Å². The van der Waals surface area contributed by atoms with Crippen LogP contribution in [0.15, 0.2) is 18.2 Å². The lowest BCUT2D eigenvalue weighted by Gasteiger charge is -2.06. The summed E-state index contributed by atoms with van der Waals surface area (Å²) in [5.74, 6) is -0.828. The number of carbonyl (C=O) groups is 2. The Bertz CT molecular complexity index is 511. The van der Waals surface area contributed by atoms with Crippen molar-refractivity contribution in [2.75, 3.05) is 5.75 Å². The number of unbranched alkanes of at least 4 members (excludes halogenated alkanes) is 1. The summed E-state index contributed by atoms with van der Waals surface area (Å²) in [6.07, 6.45) is 2.21. The first kappa shape index (κ1) is 18.0. The van der Waals surface area contributed by atoms with E-state index in [2.05, 4.69) is 6.92 Å². The number of hydrogen-bond acceptors (Lipinski definition) is 5. The molecule has 1 aromatic carbocycles. The minimum Gasteiger partial charge on any atom is -0.478 e. The van der Waals surface area contributed by atoms with Gasteiger partial charge >= 0.3 is 11.9 Å². The molecule has 0 unspecified atom stereocenters. The van der Waals surface area contributed by atoms with Gasteiger partial charge in [-0.2, -0.15) is 0 Å². The van der Waals surface area contributed by atoms with E-state index in [1.165, 1.54) is 23.9 Å². The van der Waals surface area contributed by atoms with Crippen LogP contribution in [-0.2, 0) is 5.75 Å². The van der Waals surface area contributed by atoms with Gasteiger partial charge in [0.1, 0.15) is 3.53 Å². The molecule has 2 N–H and O–H groups in total. The Hall–Kier alpha value is -1.05. The number of hydrogen-bond donors (Lipinski definition) is 2. The molecule has 0 aliphatic rings. The van der Waals surface area contributed by atoms with Crippen LogP contribution in [0.1, 0.15) is 46.0 Å². The van der Waals surface area contributed by atoms with Crippen LogP contribution in [0, 0.1) is 0 Å². The van der Waals surface area contributed by atoms with Gasteiger partial charge in [0, 0.05) is 5.75 Å². The van der Waals surface area contributed by atoms with Gasteiger partial charge in [-0.25, -0.2) is 9.59 Å². The predicted molar refractivity (Wildman–Crippen MR) is 91.6 cm³/mol. The van der Waals surface area contributed by atoms with Gasteiger partial charge in [-0.1, -0.05) is 25.6 Å². The molecule has 0 spiro atoms. The summed E-state index contributed by atoms with van der Waals surface area (Å²) < 4.78 is 0.793. The maximum absolute atomic E-state index is 11.0. The van der Waals surface area contributed by atoms with E-state index >= 15 is 0 Å². The zero-order valence-corrected chi connectivity index (χ0v) is 13.9. The second kappa shape index (κ2) is 9.07. The van der Waals surface area contributed by atoms with Crippen molar-refractivity contribution in [2.24, 2.45) is 0 Å². The molecule has 0 bridgehead atoms. The summed E-state index contributed by atoms with van der Waals surface area (Å²) >= 11 is 8.26. The lowest BCUT2D eigenvalue weighted by Crippen LogP contribution is -2.04. The van der Waals surface area contributed by atoms with E-state index in [4.69, 9.17) is 22.4 Å². The van der Waals surface area contributed by atoms with Crippen molar-refractivity contribution in [3.63, 3.8) is 0 Å². The average Bonchev–Trinajstić information content (AvgIpc) is 2.45. The quantitative estimate of drug-likeness (QED) is 0.569. The Morgan fingerprint density at radius 3 is 2.14 bits per heavy atom. The largest absolute Gasteiger partial charge is 0.478 e. The van der Waals surface area contributed by atoms with Crippen molar-refractivity contribution < 1.29 is 19.8 Å². The zero-order valence-electron chi connectivity index (χ0n) is 11.5. The third kappa shape index (κ3) is 6.50. The van der Waals surface area contributed by atoms with Crippen LogP contribution in [0.5, 0.6) is 0 Å². The van der Waals surface area contributed by atoms with Crippen molar-refractivity contribution in [2.45, 2.75) is 25.5 Å². The van der Waals surface area contributed by atoms with Crippen molar-refractivity contribution in [3.05, 3.63) is 34.9 Å². The Balaban J connectivity index is 2.72. The van der Waals surface area contributed by atoms with Crippen LogP contribution < -0.4 is 0 Å². The van der Waals surface area contributed by atoms with Gasteiger partial charge in [-0.15, -0.1) is 23.5 Å². The van der Waals surface area contributed by atoms with E-state index in [0.717, 1.165) is 28.2 Å². The third-order valence-corrected chi connectivity index (χ3v) is 5.42. The minimum absolute atomic E-state index is 0.0185. The highest BCUT2D eigenvalue weighted by atomic mass is 32.2. The number of carboxylic acid groups (broad SMARTS) is 2. The fourth-order valence-corrected chi connectivity index (χ4v) is 3.74. The topological polar surface area (TPSA) is 74.6 Å². The van der Waals surface area contributed by atoms with Gasteiger partial charge < -0.3 is 10.2 Å². The van der Waals surface area contributed by atoms with Gasteiger partial charge in [0.2, 0.25) is 0 Å². The van der Waals surface area contributed by atoms with Crippen molar-refractivity contribution in [3.8, 4) is 0 Å². The summed E-state index contributed by atoms with van der Waals surface area (Å²) in [7, 11) is 0. The number of rotatable bonds is 7. The SMILES string of the molecule is CCCCSC(=S)SCc1cc(C(=O)O)cc(C(=O)O)c1. The molecular weight excluding hydrogens is 328 g/mol. The monoisotopic (exact) mass is 344 g/mol. The number of carboxylic acids is 2. The van der Waals surface area contributed by atoms with Crippen molar-refractivity contribution >= 4 is 51.2 Å². The molecule has 0 atom stereocenters. The highest BCUT2D eigenvalue weighted by Gasteiger charge is 2.12. The molecule has 21 heavy (non-hydrogen) atoms. The van der Waals surface area contributed by atoms with Crippen LogP contribution in [0.25, 0.3) is 0 Å². The molecule has 0 saturated heterocycles. The van der Waals surface area contributed by atoms with E-state index in [1.807, 2.05) is 0 Å². The molecule has 0 radical (unpaired) electrons. The fourth-order valence-electron chi connectivity index (χ4n) is 1.51. The van der Waals surface area contributed by atoms with E-state index in [0.29, 0.717) is 11.3 Å². The molecule has 114 valence electrons. The lowest BCUT2D eigenvalue weighted by atomic mass is 10.1. The standard InChI is InChI=1S/C14H16O4S3/c1-2-3-4-20-14(19)21-8-9-5-10(12(15)16)7-11(6-9)13(17)18/h5-7H,2-4,8H2,1H3,(H,15,16)(H,17,18). The number of aromatic carboxylic acids is 2. The molecule has 0 fully saturated rings. The summed E-state index contributed by atoms with van der Waals surface area (Å²) in [6.45, 7) is 2.11. The third-order valence-electron chi connectivity index (χ3n) is 2.56. The van der Waals surface area contributed by atoms with Crippen LogP contribution in [0.2, 0.25) is 0 Å². The van der Waals surface area contributed by atoms with Gasteiger partial charge in [-0.05, 0) is 35.9 Å². The lowest BCUT2D eigenvalue weighted by molar-refractivity contribution is 0.0696. The maximum Gasteiger partial charge on any atom is 0.335 e. The van der Waals surface area contributed by atoms with Gasteiger partial charge in [0.15, 0.2) is 0 Å². The number of thiocarbonyl (C=S) groups is 1. The van der Waals surface area contributed by atoms with Crippen LogP contribution in [0.3, 0.4) is 0 Å². The predicted octanol–water partition coefficient (Wildman–Crippen LogP) is 4.13. The first-order valence-corrected chi connectivity index (χ1v) is 8.72. The van der Waals surface area contributed by atoms with Crippen LogP contribution in [0.4, 0.5) is 0 Å². The Morgan fingerprint density at radius 2 is 1.67 bits per heavy atom. The molecule has 1 rings (SSSR count). The average molecular weight is 344 g/mol. The molecule has 0 heterocycles. The van der Waals surface area contributed by atoms with Gasteiger partial charge in [0.25, 0.3) is 0 Å².